The van der Waals surface area contributed by atoms with Gasteiger partial charge in [-0.15, -0.1) is 10.2 Å². The van der Waals surface area contributed by atoms with Crippen molar-refractivity contribution in [1.29, 1.82) is 5.26 Å². The van der Waals surface area contributed by atoms with Crippen LogP contribution in [0.2, 0.25) is 0 Å². The second-order valence-corrected chi connectivity index (χ2v) is 8.02. The molecule has 2 heterocycles. The number of carbonyl (C=O) groups excluding carboxylic acids is 1. The summed E-state index contributed by atoms with van der Waals surface area (Å²) < 4.78 is 15.7. The number of benzene rings is 1. The molecule has 2 N–H and O–H groups in total. The average molecular weight is 417 g/mol. The third-order valence-corrected chi connectivity index (χ3v) is 6.19. The minimum atomic E-state index is -0.356. The third kappa shape index (κ3) is 4.00. The molecule has 0 saturated heterocycles. The number of thioether (sulfide) groups is 1. The maximum Gasteiger partial charge on any atom is 0.235 e. The molecule has 1 amide bonds. The molecule has 0 aliphatic carbocycles. The van der Waals surface area contributed by atoms with Crippen LogP contribution in [-0.4, -0.2) is 33.5 Å². The zero-order chi connectivity index (χ0) is 20.3. The van der Waals surface area contributed by atoms with Gasteiger partial charge >= 0.3 is 0 Å². The molecule has 144 valence electrons. The van der Waals surface area contributed by atoms with Gasteiger partial charge in [0.1, 0.15) is 17.7 Å². The summed E-state index contributed by atoms with van der Waals surface area (Å²) in [5.41, 5.74) is 2.61. The van der Waals surface area contributed by atoms with Crippen molar-refractivity contribution < 1.29 is 9.18 Å². The van der Waals surface area contributed by atoms with Crippen LogP contribution in [0, 0.1) is 31.0 Å². The summed E-state index contributed by atoms with van der Waals surface area (Å²) in [5.74, 6) is -0.132. The zero-order valence-corrected chi connectivity index (χ0v) is 17.0. The lowest BCUT2D eigenvalue weighted by Gasteiger charge is -2.13. The van der Waals surface area contributed by atoms with E-state index in [0.717, 1.165) is 11.3 Å². The number of amides is 1. The Bertz CT molecular complexity index is 1050. The van der Waals surface area contributed by atoms with E-state index in [2.05, 4.69) is 26.9 Å². The highest BCUT2D eigenvalue weighted by Gasteiger charge is 2.21. The molecule has 0 spiro atoms. The fraction of sp³-hybridized carbons (Fsp3) is 0.222. The van der Waals surface area contributed by atoms with Crippen LogP contribution in [-0.2, 0) is 4.79 Å². The topological polar surface area (TPSA) is 95.6 Å². The van der Waals surface area contributed by atoms with Crippen molar-refractivity contribution >= 4 is 40.0 Å². The van der Waals surface area contributed by atoms with Crippen molar-refractivity contribution in [1.82, 2.24) is 14.8 Å². The molecule has 0 unspecified atom stereocenters. The molecule has 0 saturated carbocycles. The molecule has 7 nitrogen and oxygen atoms in total. The zero-order valence-electron chi connectivity index (χ0n) is 15.4. The van der Waals surface area contributed by atoms with Gasteiger partial charge in [0.25, 0.3) is 0 Å². The quantitative estimate of drug-likeness (QED) is 0.595. The SMILES string of the molecule is CNc1nnc(SCC(=O)Nc2c(C#N)c(C)c(C)n2-c2ccc(F)cc2)s1. The third-order valence-electron chi connectivity index (χ3n) is 4.12. The van der Waals surface area contributed by atoms with Gasteiger partial charge in [0.2, 0.25) is 11.0 Å². The van der Waals surface area contributed by atoms with Crippen LogP contribution in [0.15, 0.2) is 28.6 Å². The number of halogens is 1. The van der Waals surface area contributed by atoms with E-state index in [-0.39, 0.29) is 17.5 Å². The van der Waals surface area contributed by atoms with Gasteiger partial charge in [-0.1, -0.05) is 23.1 Å². The molecule has 0 fully saturated rings. The van der Waals surface area contributed by atoms with E-state index in [1.165, 1.54) is 35.2 Å². The molecule has 0 radical (unpaired) electrons. The second kappa shape index (κ2) is 8.41. The van der Waals surface area contributed by atoms with Crippen LogP contribution >= 0.6 is 23.1 Å². The van der Waals surface area contributed by atoms with Gasteiger partial charge in [-0.25, -0.2) is 4.39 Å². The van der Waals surface area contributed by atoms with Gasteiger partial charge in [-0.3, -0.25) is 9.36 Å². The van der Waals surface area contributed by atoms with Crippen LogP contribution in [0.4, 0.5) is 15.3 Å². The molecular weight excluding hydrogens is 399 g/mol. The highest BCUT2D eigenvalue weighted by atomic mass is 32.2. The first-order valence-corrected chi connectivity index (χ1v) is 10.1. The highest BCUT2D eigenvalue weighted by molar-refractivity contribution is 8.01. The number of hydrogen-bond donors (Lipinski definition) is 2. The van der Waals surface area contributed by atoms with Gasteiger partial charge < -0.3 is 10.6 Å². The number of rotatable bonds is 6. The van der Waals surface area contributed by atoms with E-state index < -0.39 is 0 Å². The molecule has 0 aliphatic rings. The Kier molecular flexibility index (Phi) is 5.96. The van der Waals surface area contributed by atoms with E-state index in [1.54, 1.807) is 23.7 Å². The summed E-state index contributed by atoms with van der Waals surface area (Å²) in [5, 5.41) is 23.9. The van der Waals surface area contributed by atoms with Crippen molar-refractivity contribution in [3.63, 3.8) is 0 Å². The summed E-state index contributed by atoms with van der Waals surface area (Å²) in [6, 6.07) is 8.04. The lowest BCUT2D eigenvalue weighted by Crippen LogP contribution is -2.17. The number of anilines is 2. The van der Waals surface area contributed by atoms with Crippen LogP contribution in [0.25, 0.3) is 5.69 Å². The van der Waals surface area contributed by atoms with E-state index in [0.29, 0.717) is 26.5 Å². The lowest BCUT2D eigenvalue weighted by molar-refractivity contribution is -0.113. The molecular formula is C18H17FN6OS2. The summed E-state index contributed by atoms with van der Waals surface area (Å²) in [4.78, 5) is 12.5. The Labute approximate surface area is 169 Å². The fourth-order valence-electron chi connectivity index (χ4n) is 2.64. The van der Waals surface area contributed by atoms with E-state index >= 15 is 0 Å². The van der Waals surface area contributed by atoms with Crippen LogP contribution in [0.3, 0.4) is 0 Å². The molecule has 2 aromatic heterocycles. The smallest absolute Gasteiger partial charge is 0.235 e. The van der Waals surface area contributed by atoms with Crippen LogP contribution in [0.1, 0.15) is 16.8 Å². The summed E-state index contributed by atoms with van der Waals surface area (Å²) in [7, 11) is 1.75. The van der Waals surface area contributed by atoms with Crippen molar-refractivity contribution in [3.05, 3.63) is 46.9 Å². The maximum absolute atomic E-state index is 13.3. The number of nitrogens with zero attached hydrogens (tertiary/aromatic N) is 4. The molecule has 28 heavy (non-hydrogen) atoms. The highest BCUT2D eigenvalue weighted by Crippen LogP contribution is 2.31. The van der Waals surface area contributed by atoms with Crippen LogP contribution < -0.4 is 10.6 Å². The molecule has 3 aromatic rings. The molecule has 0 atom stereocenters. The van der Waals surface area contributed by atoms with Gasteiger partial charge in [0.15, 0.2) is 4.34 Å². The van der Waals surface area contributed by atoms with Gasteiger partial charge in [0.05, 0.1) is 11.3 Å². The van der Waals surface area contributed by atoms with Crippen LogP contribution in [0.5, 0.6) is 0 Å². The number of nitrogens with one attached hydrogen (secondary N) is 2. The summed E-state index contributed by atoms with van der Waals surface area (Å²) in [6.07, 6.45) is 0. The van der Waals surface area contributed by atoms with E-state index in [9.17, 15) is 14.4 Å². The van der Waals surface area contributed by atoms with Gasteiger partial charge in [0, 0.05) is 18.4 Å². The number of carbonyl (C=O) groups is 1. The number of hydrogen-bond acceptors (Lipinski definition) is 7. The first-order chi connectivity index (χ1) is 13.4. The minimum absolute atomic E-state index is 0.121. The molecule has 0 bridgehead atoms. The normalized spacial score (nSPS) is 10.5. The van der Waals surface area contributed by atoms with Crippen molar-refractivity contribution in [2.45, 2.75) is 18.2 Å². The van der Waals surface area contributed by atoms with Crippen molar-refractivity contribution in [2.75, 3.05) is 23.4 Å². The predicted molar refractivity (Wildman–Crippen MR) is 109 cm³/mol. The Balaban J connectivity index is 1.85. The van der Waals surface area contributed by atoms with Gasteiger partial charge in [-0.2, -0.15) is 5.26 Å². The number of nitriles is 1. The fourth-order valence-corrected chi connectivity index (χ4v) is 4.14. The largest absolute Gasteiger partial charge is 0.363 e. The predicted octanol–water partition coefficient (Wildman–Crippen LogP) is 3.73. The molecule has 1 aromatic carbocycles. The lowest BCUT2D eigenvalue weighted by atomic mass is 10.2. The van der Waals surface area contributed by atoms with Gasteiger partial charge in [-0.05, 0) is 43.7 Å². The first kappa shape index (κ1) is 19.9. The maximum atomic E-state index is 13.3. The minimum Gasteiger partial charge on any atom is -0.363 e. The van der Waals surface area contributed by atoms with E-state index in [4.69, 9.17) is 0 Å². The monoisotopic (exact) mass is 416 g/mol. The standard InChI is InChI=1S/C18H17FN6OS2/c1-10-11(2)25(13-6-4-12(19)5-7-13)16(14(10)8-20)22-15(26)9-27-18-24-23-17(21-3)28-18/h4-7H,9H2,1-3H3,(H,21,23)(H,22,26). The van der Waals surface area contributed by atoms with Crippen molar-refractivity contribution in [2.24, 2.45) is 0 Å². The van der Waals surface area contributed by atoms with E-state index in [1.807, 2.05) is 13.8 Å². The Morgan fingerprint density at radius 1 is 1.32 bits per heavy atom. The van der Waals surface area contributed by atoms with Crippen molar-refractivity contribution in [3.8, 4) is 11.8 Å². The molecule has 0 aliphatic heterocycles. The molecule has 3 rings (SSSR count). The summed E-state index contributed by atoms with van der Waals surface area (Å²) in [6.45, 7) is 3.67. The Hall–Kier alpha value is -2.90. The summed E-state index contributed by atoms with van der Waals surface area (Å²) >= 11 is 2.62. The Morgan fingerprint density at radius 2 is 2.04 bits per heavy atom. The molecule has 10 heteroatoms. The number of aromatic nitrogens is 3. The average Bonchev–Trinajstić information content (AvgIpc) is 3.24. The Morgan fingerprint density at radius 3 is 2.64 bits per heavy atom. The first-order valence-electron chi connectivity index (χ1n) is 8.26. The second-order valence-electron chi connectivity index (χ2n) is 5.82.